The van der Waals surface area contributed by atoms with Crippen molar-refractivity contribution in [2.24, 2.45) is 0 Å². The summed E-state index contributed by atoms with van der Waals surface area (Å²) in [5, 5.41) is 11.5. The van der Waals surface area contributed by atoms with Crippen molar-refractivity contribution in [3.05, 3.63) is 29.8 Å². The average Bonchev–Trinajstić information content (AvgIpc) is 2.37. The van der Waals surface area contributed by atoms with Gasteiger partial charge in [-0.2, -0.15) is 0 Å². The smallest absolute Gasteiger partial charge is 0.321 e. The molecule has 6 nitrogen and oxygen atoms in total. The number of hydrogen-bond acceptors (Lipinski definition) is 3. The molecule has 0 aliphatic carbocycles. The number of carboxylic acids is 1. The Morgan fingerprint density at radius 2 is 2.10 bits per heavy atom. The Balaban J connectivity index is 2.51. The number of hydrogen-bond donors (Lipinski definition) is 2. The van der Waals surface area contributed by atoms with E-state index in [4.69, 9.17) is 9.84 Å². The van der Waals surface area contributed by atoms with E-state index in [0.29, 0.717) is 24.4 Å². The molecule has 0 spiro atoms. The minimum atomic E-state index is -0.901. The van der Waals surface area contributed by atoms with Gasteiger partial charge in [-0.05, 0) is 31.5 Å². The van der Waals surface area contributed by atoms with Crippen LogP contribution in [0.2, 0.25) is 0 Å². The topological polar surface area (TPSA) is 78.9 Å². The van der Waals surface area contributed by atoms with Gasteiger partial charge < -0.3 is 20.1 Å². The van der Waals surface area contributed by atoms with Gasteiger partial charge in [0.1, 0.15) is 0 Å². The number of nitrogens with zero attached hydrogens (tertiary/aromatic N) is 1. The number of carbonyl (C=O) groups excluding carboxylic acids is 1. The lowest BCUT2D eigenvalue weighted by molar-refractivity contribution is -0.136. The Hall–Kier alpha value is -2.08. The zero-order chi connectivity index (χ0) is 15.8. The van der Waals surface area contributed by atoms with Crippen LogP contribution in [0.5, 0.6) is 0 Å². The first-order valence-corrected chi connectivity index (χ1v) is 6.83. The van der Waals surface area contributed by atoms with Gasteiger partial charge in [-0.1, -0.05) is 12.1 Å². The molecule has 0 aromatic heterocycles. The molecular weight excluding hydrogens is 272 g/mol. The van der Waals surface area contributed by atoms with Crippen LogP contribution in [0.15, 0.2) is 24.3 Å². The van der Waals surface area contributed by atoms with Crippen molar-refractivity contribution in [3.63, 3.8) is 0 Å². The number of carbonyl (C=O) groups is 2. The van der Waals surface area contributed by atoms with E-state index in [1.54, 1.807) is 31.3 Å². The summed E-state index contributed by atoms with van der Waals surface area (Å²) in [5.41, 5.74) is 1.22. The minimum Gasteiger partial charge on any atom is -0.481 e. The Labute approximate surface area is 124 Å². The summed E-state index contributed by atoms with van der Waals surface area (Å²) in [4.78, 5) is 24.2. The molecule has 0 aliphatic rings. The van der Waals surface area contributed by atoms with E-state index < -0.39 is 5.97 Å². The van der Waals surface area contributed by atoms with E-state index in [-0.39, 0.29) is 18.6 Å². The van der Waals surface area contributed by atoms with Crippen LogP contribution in [-0.2, 0) is 16.0 Å². The van der Waals surface area contributed by atoms with Crippen LogP contribution in [0, 0.1) is 0 Å². The van der Waals surface area contributed by atoms with Crippen molar-refractivity contribution >= 4 is 17.7 Å². The van der Waals surface area contributed by atoms with Crippen LogP contribution in [0.4, 0.5) is 10.5 Å². The lowest BCUT2D eigenvalue weighted by Gasteiger charge is -2.19. The normalized spacial score (nSPS) is 10.5. The highest BCUT2D eigenvalue weighted by Gasteiger charge is 2.09. The predicted molar refractivity (Wildman–Crippen MR) is 80.5 cm³/mol. The molecule has 6 heteroatoms. The number of amides is 2. The summed E-state index contributed by atoms with van der Waals surface area (Å²) in [6, 6.07) is 6.56. The maximum atomic E-state index is 12.0. The highest BCUT2D eigenvalue weighted by Crippen LogP contribution is 2.12. The predicted octanol–water partition coefficient (Wildman–Crippen LogP) is 2.20. The standard InChI is InChI=1S/C15H22N2O4/c1-11(2)21-8-7-17(3)15(20)16-13-6-4-5-12(9-13)10-14(18)19/h4-6,9,11H,7-8,10H2,1-3H3,(H,16,20)(H,18,19). The lowest BCUT2D eigenvalue weighted by Crippen LogP contribution is -2.34. The molecule has 0 heterocycles. The lowest BCUT2D eigenvalue weighted by atomic mass is 10.1. The second-order valence-corrected chi connectivity index (χ2v) is 5.04. The summed E-state index contributed by atoms with van der Waals surface area (Å²) >= 11 is 0. The van der Waals surface area contributed by atoms with Crippen LogP contribution in [0.3, 0.4) is 0 Å². The van der Waals surface area contributed by atoms with Gasteiger partial charge in [0.2, 0.25) is 0 Å². The van der Waals surface area contributed by atoms with Crippen molar-refractivity contribution in [2.75, 3.05) is 25.5 Å². The Morgan fingerprint density at radius 1 is 1.38 bits per heavy atom. The highest BCUT2D eigenvalue weighted by molar-refractivity contribution is 5.89. The molecule has 2 N–H and O–H groups in total. The number of rotatable bonds is 7. The van der Waals surface area contributed by atoms with E-state index in [9.17, 15) is 9.59 Å². The molecule has 1 rings (SSSR count). The summed E-state index contributed by atoms with van der Waals surface area (Å²) in [7, 11) is 1.68. The van der Waals surface area contributed by atoms with Crippen LogP contribution >= 0.6 is 0 Å². The Morgan fingerprint density at radius 3 is 2.71 bits per heavy atom. The number of nitrogens with one attached hydrogen (secondary N) is 1. The van der Waals surface area contributed by atoms with Crippen LogP contribution < -0.4 is 5.32 Å². The van der Waals surface area contributed by atoms with Gasteiger partial charge in [0, 0.05) is 19.3 Å². The van der Waals surface area contributed by atoms with Crippen LogP contribution in [0.1, 0.15) is 19.4 Å². The van der Waals surface area contributed by atoms with E-state index in [2.05, 4.69) is 5.32 Å². The van der Waals surface area contributed by atoms with E-state index in [0.717, 1.165) is 0 Å². The Kier molecular flexibility index (Phi) is 6.68. The Bertz CT molecular complexity index is 488. The number of aliphatic carboxylic acids is 1. The van der Waals surface area contributed by atoms with E-state index in [1.165, 1.54) is 4.90 Å². The molecule has 2 amide bonds. The molecule has 1 aromatic rings. The summed E-state index contributed by atoms with van der Waals surface area (Å²) in [6.45, 7) is 4.83. The maximum Gasteiger partial charge on any atom is 0.321 e. The van der Waals surface area contributed by atoms with Gasteiger partial charge in [0.25, 0.3) is 0 Å². The second kappa shape index (κ2) is 8.26. The van der Waals surface area contributed by atoms with Gasteiger partial charge in [-0.25, -0.2) is 4.79 Å². The van der Waals surface area contributed by atoms with E-state index in [1.807, 2.05) is 13.8 Å². The van der Waals surface area contributed by atoms with Gasteiger partial charge in [0.15, 0.2) is 0 Å². The largest absolute Gasteiger partial charge is 0.481 e. The molecule has 21 heavy (non-hydrogen) atoms. The van der Waals surface area contributed by atoms with Crippen molar-refractivity contribution in [1.82, 2.24) is 4.90 Å². The molecule has 0 aliphatic heterocycles. The fourth-order valence-electron chi connectivity index (χ4n) is 1.68. The van der Waals surface area contributed by atoms with Crippen molar-refractivity contribution in [2.45, 2.75) is 26.4 Å². The number of benzene rings is 1. The number of carboxylic acid groups (broad SMARTS) is 1. The SMILES string of the molecule is CC(C)OCCN(C)C(=O)Nc1cccc(CC(=O)O)c1. The third-order valence-corrected chi connectivity index (χ3v) is 2.76. The third-order valence-electron chi connectivity index (χ3n) is 2.76. The molecule has 0 saturated heterocycles. The first-order chi connectivity index (χ1) is 9.88. The highest BCUT2D eigenvalue weighted by atomic mass is 16.5. The van der Waals surface area contributed by atoms with E-state index >= 15 is 0 Å². The number of urea groups is 1. The number of anilines is 1. The molecule has 0 radical (unpaired) electrons. The van der Waals surface area contributed by atoms with Crippen LogP contribution in [0.25, 0.3) is 0 Å². The van der Waals surface area contributed by atoms with Crippen molar-refractivity contribution < 1.29 is 19.4 Å². The average molecular weight is 294 g/mol. The third kappa shape index (κ3) is 6.76. The van der Waals surface area contributed by atoms with Crippen molar-refractivity contribution in [3.8, 4) is 0 Å². The second-order valence-electron chi connectivity index (χ2n) is 5.04. The maximum absolute atomic E-state index is 12.0. The molecule has 0 bridgehead atoms. The zero-order valence-corrected chi connectivity index (χ0v) is 12.6. The quantitative estimate of drug-likeness (QED) is 0.808. The van der Waals surface area contributed by atoms with Crippen LogP contribution in [-0.4, -0.2) is 48.3 Å². The minimum absolute atomic E-state index is 0.0677. The molecule has 0 fully saturated rings. The van der Waals surface area contributed by atoms with Crippen molar-refractivity contribution in [1.29, 1.82) is 0 Å². The molecule has 0 atom stereocenters. The zero-order valence-electron chi connectivity index (χ0n) is 12.6. The van der Waals surface area contributed by atoms with Gasteiger partial charge in [-0.3, -0.25) is 4.79 Å². The number of ether oxygens (including phenoxy) is 1. The molecule has 116 valence electrons. The monoisotopic (exact) mass is 294 g/mol. The van der Waals surface area contributed by atoms with Gasteiger partial charge in [0.05, 0.1) is 19.1 Å². The first-order valence-electron chi connectivity index (χ1n) is 6.83. The fourth-order valence-corrected chi connectivity index (χ4v) is 1.68. The summed E-state index contributed by atoms with van der Waals surface area (Å²) < 4.78 is 5.39. The van der Waals surface area contributed by atoms with Gasteiger partial charge in [-0.15, -0.1) is 0 Å². The van der Waals surface area contributed by atoms with Gasteiger partial charge >= 0.3 is 12.0 Å². The summed E-state index contributed by atoms with van der Waals surface area (Å²) in [6.07, 6.45) is 0.0658. The first kappa shape index (κ1) is 17.0. The molecule has 1 aromatic carbocycles. The number of likely N-dealkylation sites (N-methyl/N-ethyl adjacent to an activating group) is 1. The fraction of sp³-hybridized carbons (Fsp3) is 0.467. The molecule has 0 unspecified atom stereocenters. The molecule has 0 saturated carbocycles. The molecular formula is C15H22N2O4. The summed E-state index contributed by atoms with van der Waals surface area (Å²) in [5.74, 6) is -0.901.